The molecule has 0 spiro atoms. The average molecular weight is 438 g/mol. The normalized spacial score (nSPS) is 24.6. The molecule has 31 heavy (non-hydrogen) atoms. The second kappa shape index (κ2) is 7.24. The minimum absolute atomic E-state index is 0.106. The zero-order valence-electron chi connectivity index (χ0n) is 16.9. The van der Waals surface area contributed by atoms with Gasteiger partial charge in [-0.2, -0.15) is 0 Å². The van der Waals surface area contributed by atoms with Gasteiger partial charge in [-0.25, -0.2) is 9.59 Å². The SMILES string of the molecule is CC[C@@]1(OC(=O)Cl)C(=O)OCc2c1cc1n(c2=O)CC2=C/c3ccccc3CC/C=C\21. The second-order valence-electron chi connectivity index (χ2n) is 7.93. The van der Waals surface area contributed by atoms with E-state index in [0.29, 0.717) is 23.4 Å². The maximum Gasteiger partial charge on any atom is 0.405 e. The molecule has 0 fully saturated rings. The Hall–Kier alpha value is -3.12. The minimum atomic E-state index is -1.72. The van der Waals surface area contributed by atoms with Gasteiger partial charge < -0.3 is 14.0 Å². The molecule has 5 rings (SSSR count). The molecule has 6 nitrogen and oxygen atoms in total. The predicted molar refractivity (Wildman–Crippen MR) is 116 cm³/mol. The summed E-state index contributed by atoms with van der Waals surface area (Å²) in [6, 6.07) is 10.0. The predicted octanol–water partition coefficient (Wildman–Crippen LogP) is 4.31. The lowest BCUT2D eigenvalue weighted by molar-refractivity contribution is -0.171. The summed E-state index contributed by atoms with van der Waals surface area (Å²) in [5, 5.41) is 0. The maximum absolute atomic E-state index is 13.4. The van der Waals surface area contributed by atoms with E-state index < -0.39 is 17.0 Å². The molecule has 0 saturated heterocycles. The van der Waals surface area contributed by atoms with Crippen LogP contribution in [0.15, 0.2) is 46.8 Å². The van der Waals surface area contributed by atoms with Gasteiger partial charge in [-0.15, -0.1) is 0 Å². The number of benzene rings is 1. The van der Waals surface area contributed by atoms with Crippen LogP contribution in [0.2, 0.25) is 0 Å². The zero-order chi connectivity index (χ0) is 21.8. The quantitative estimate of drug-likeness (QED) is 0.517. The summed E-state index contributed by atoms with van der Waals surface area (Å²) < 4.78 is 12.2. The monoisotopic (exact) mass is 437 g/mol. The number of halogens is 1. The summed E-state index contributed by atoms with van der Waals surface area (Å²) in [7, 11) is 0. The number of carbonyl (C=O) groups is 2. The molecule has 3 aliphatic rings. The third kappa shape index (κ3) is 2.97. The Morgan fingerprint density at radius 1 is 1.29 bits per heavy atom. The Kier molecular flexibility index (Phi) is 4.63. The van der Waals surface area contributed by atoms with Crippen LogP contribution in [-0.2, 0) is 39.4 Å². The molecule has 7 heteroatoms. The van der Waals surface area contributed by atoms with Crippen molar-refractivity contribution < 1.29 is 19.1 Å². The first-order valence-corrected chi connectivity index (χ1v) is 10.6. The van der Waals surface area contributed by atoms with E-state index in [9.17, 15) is 14.4 Å². The highest BCUT2D eigenvalue weighted by Crippen LogP contribution is 2.42. The summed E-state index contributed by atoms with van der Waals surface area (Å²) in [5.41, 5.74) is 2.73. The molecule has 0 amide bonds. The van der Waals surface area contributed by atoms with Gasteiger partial charge in [-0.3, -0.25) is 4.79 Å². The first kappa shape index (κ1) is 19.8. The first-order chi connectivity index (χ1) is 14.9. The van der Waals surface area contributed by atoms with E-state index in [0.717, 1.165) is 29.6 Å². The van der Waals surface area contributed by atoms with Crippen LogP contribution in [-0.4, -0.2) is 16.0 Å². The number of rotatable bonds is 2. The lowest BCUT2D eigenvalue weighted by Gasteiger charge is -2.34. The number of ether oxygens (including phenoxy) is 2. The lowest BCUT2D eigenvalue weighted by Crippen LogP contribution is -2.47. The summed E-state index contributed by atoms with van der Waals surface area (Å²) in [6.45, 7) is 1.97. The van der Waals surface area contributed by atoms with Gasteiger partial charge in [-0.05, 0) is 53.7 Å². The molecule has 1 aromatic heterocycles. The van der Waals surface area contributed by atoms with E-state index in [4.69, 9.17) is 21.1 Å². The van der Waals surface area contributed by atoms with Crippen molar-refractivity contribution in [3.63, 3.8) is 0 Å². The van der Waals surface area contributed by atoms with Gasteiger partial charge in [0.1, 0.15) is 6.61 Å². The second-order valence-corrected chi connectivity index (χ2v) is 8.24. The number of esters is 1. The molecule has 1 aliphatic carbocycles. The van der Waals surface area contributed by atoms with Crippen molar-refractivity contribution in [2.24, 2.45) is 0 Å². The van der Waals surface area contributed by atoms with Crippen LogP contribution in [0, 0.1) is 0 Å². The molecule has 3 heterocycles. The smallest absolute Gasteiger partial charge is 0.405 e. The van der Waals surface area contributed by atoms with Gasteiger partial charge >= 0.3 is 11.4 Å². The number of fused-ring (bicyclic) bond motifs is 5. The molecule has 1 atom stereocenters. The summed E-state index contributed by atoms with van der Waals surface area (Å²) >= 11 is 5.49. The fourth-order valence-corrected chi connectivity index (χ4v) is 4.95. The van der Waals surface area contributed by atoms with Crippen LogP contribution in [0.25, 0.3) is 11.6 Å². The molecule has 0 N–H and O–H groups in total. The van der Waals surface area contributed by atoms with E-state index >= 15 is 0 Å². The fraction of sp³-hybridized carbons (Fsp3) is 0.292. The average Bonchev–Trinajstić information content (AvgIpc) is 3.06. The van der Waals surface area contributed by atoms with E-state index in [1.807, 2.05) is 12.1 Å². The van der Waals surface area contributed by atoms with Crippen molar-refractivity contribution in [2.45, 2.75) is 44.9 Å². The Bertz CT molecular complexity index is 1260. The third-order valence-corrected chi connectivity index (χ3v) is 6.44. The number of hydrogen-bond acceptors (Lipinski definition) is 5. The number of hydrogen-bond donors (Lipinski definition) is 0. The molecule has 1 aromatic carbocycles. The van der Waals surface area contributed by atoms with Crippen molar-refractivity contribution in [1.29, 1.82) is 0 Å². The van der Waals surface area contributed by atoms with E-state index in [1.54, 1.807) is 17.6 Å². The number of nitrogens with zero attached hydrogens (tertiary/aromatic N) is 1. The largest absolute Gasteiger partial charge is 0.457 e. The number of carbonyl (C=O) groups excluding carboxylic acids is 2. The number of pyridine rings is 1. The number of aryl methyl sites for hydroxylation is 1. The summed E-state index contributed by atoms with van der Waals surface area (Å²) in [5.74, 6) is -0.713. The van der Waals surface area contributed by atoms with Crippen molar-refractivity contribution in [2.75, 3.05) is 0 Å². The molecular weight excluding hydrogens is 418 g/mol. The topological polar surface area (TPSA) is 74.6 Å². The van der Waals surface area contributed by atoms with Crippen LogP contribution in [0.4, 0.5) is 4.79 Å². The lowest BCUT2D eigenvalue weighted by atomic mass is 9.85. The highest BCUT2D eigenvalue weighted by atomic mass is 35.5. The van der Waals surface area contributed by atoms with Gasteiger partial charge in [0.05, 0.1) is 17.8 Å². The van der Waals surface area contributed by atoms with Gasteiger partial charge in [0, 0.05) is 17.2 Å². The van der Waals surface area contributed by atoms with Crippen LogP contribution in [0.3, 0.4) is 0 Å². The van der Waals surface area contributed by atoms with Crippen LogP contribution >= 0.6 is 11.6 Å². The first-order valence-electron chi connectivity index (χ1n) is 10.3. The van der Waals surface area contributed by atoms with Gasteiger partial charge in [-0.1, -0.05) is 37.3 Å². The highest BCUT2D eigenvalue weighted by molar-refractivity contribution is 6.61. The van der Waals surface area contributed by atoms with Crippen molar-refractivity contribution in [3.8, 4) is 0 Å². The van der Waals surface area contributed by atoms with E-state index in [-0.39, 0.29) is 18.6 Å². The standard InChI is InChI=1S/C24H20ClNO5/c1-2-24(31-23(25)29)19-11-20-17-9-5-8-14-6-3-4-7-15(14)10-16(17)12-26(20)21(27)18(19)13-30-22(24)28/h3-4,6-7,9-11H,2,5,8,12-13H2,1H3/b16-10-,17-9+/t24-/m0/s1. The van der Waals surface area contributed by atoms with Gasteiger partial charge in [0.25, 0.3) is 5.56 Å². The molecule has 0 radical (unpaired) electrons. The van der Waals surface area contributed by atoms with Crippen molar-refractivity contribution >= 4 is 34.6 Å². The van der Waals surface area contributed by atoms with Crippen LogP contribution in [0.5, 0.6) is 0 Å². The summed E-state index contributed by atoms with van der Waals surface area (Å²) in [4.78, 5) is 37.7. The Labute approximate surface area is 183 Å². The van der Waals surface area contributed by atoms with Gasteiger partial charge in [0.2, 0.25) is 5.60 Å². The summed E-state index contributed by atoms with van der Waals surface area (Å²) in [6.07, 6.45) is 6.09. The molecule has 158 valence electrons. The minimum Gasteiger partial charge on any atom is -0.457 e. The molecule has 0 unspecified atom stereocenters. The molecular formula is C24H20ClNO5. The van der Waals surface area contributed by atoms with Gasteiger partial charge in [0.15, 0.2) is 0 Å². The molecule has 0 bridgehead atoms. The van der Waals surface area contributed by atoms with Crippen molar-refractivity contribution in [3.05, 3.63) is 80.3 Å². The number of cyclic esters (lactones) is 1. The Morgan fingerprint density at radius 3 is 2.87 bits per heavy atom. The van der Waals surface area contributed by atoms with E-state index in [2.05, 4.69) is 24.3 Å². The number of allylic oxidation sites excluding steroid dienone is 3. The van der Waals surface area contributed by atoms with Crippen LogP contribution < -0.4 is 5.56 Å². The zero-order valence-corrected chi connectivity index (χ0v) is 17.7. The van der Waals surface area contributed by atoms with Crippen LogP contribution in [0.1, 0.15) is 47.7 Å². The Morgan fingerprint density at radius 2 is 2.10 bits per heavy atom. The van der Waals surface area contributed by atoms with Crippen molar-refractivity contribution in [1.82, 2.24) is 4.57 Å². The molecule has 2 aliphatic heterocycles. The Balaban J connectivity index is 1.72. The molecule has 0 saturated carbocycles. The maximum atomic E-state index is 13.4. The highest BCUT2D eigenvalue weighted by Gasteiger charge is 2.50. The fourth-order valence-electron chi connectivity index (χ4n) is 4.82. The third-order valence-electron chi connectivity index (χ3n) is 6.36. The number of aromatic nitrogens is 1. The van der Waals surface area contributed by atoms with E-state index in [1.165, 1.54) is 5.56 Å². The molecule has 2 aromatic rings.